The predicted molar refractivity (Wildman–Crippen MR) is 77.7 cm³/mol. The van der Waals surface area contributed by atoms with Crippen molar-refractivity contribution in [2.45, 2.75) is 44.3 Å². The maximum absolute atomic E-state index is 10.6. The maximum Gasteiger partial charge on any atom is 0.0940 e. The molecule has 0 bridgehead atoms. The summed E-state index contributed by atoms with van der Waals surface area (Å²) in [6.07, 6.45) is 3.32. The van der Waals surface area contributed by atoms with Crippen LogP contribution in [0.25, 0.3) is 0 Å². The Bertz CT molecular complexity index is 451. The standard InChI is InChI=1S/C17H24O3/c1-13-4-2-3-5-14(13)10-16(18)15-6-8-20-17(11-15)7-9-19-12-17/h2-5,15-16,18H,6-12H2,1H3. The second-order valence-electron chi connectivity index (χ2n) is 6.28. The fourth-order valence-electron chi connectivity index (χ4n) is 3.49. The Morgan fingerprint density at radius 1 is 1.35 bits per heavy atom. The van der Waals surface area contributed by atoms with Crippen LogP contribution in [0.3, 0.4) is 0 Å². The van der Waals surface area contributed by atoms with Gasteiger partial charge in [-0.15, -0.1) is 0 Å². The highest BCUT2D eigenvalue weighted by Crippen LogP contribution is 2.37. The average Bonchev–Trinajstić information content (AvgIpc) is 2.89. The van der Waals surface area contributed by atoms with Crippen LogP contribution in [0, 0.1) is 12.8 Å². The number of benzene rings is 1. The molecule has 1 aromatic rings. The van der Waals surface area contributed by atoms with E-state index >= 15 is 0 Å². The molecule has 2 heterocycles. The lowest BCUT2D eigenvalue weighted by Crippen LogP contribution is -2.44. The van der Waals surface area contributed by atoms with Crippen molar-refractivity contribution >= 4 is 0 Å². The molecule has 0 aromatic heterocycles. The molecule has 1 N–H and O–H groups in total. The normalized spacial score (nSPS) is 31.6. The number of ether oxygens (including phenoxy) is 2. The van der Waals surface area contributed by atoms with Gasteiger partial charge in [0.1, 0.15) is 0 Å². The van der Waals surface area contributed by atoms with E-state index in [1.165, 1.54) is 11.1 Å². The van der Waals surface area contributed by atoms with Gasteiger partial charge in [-0.25, -0.2) is 0 Å². The summed E-state index contributed by atoms with van der Waals surface area (Å²) in [5, 5.41) is 10.6. The van der Waals surface area contributed by atoms with E-state index in [1.807, 2.05) is 12.1 Å². The molecule has 3 rings (SSSR count). The Labute approximate surface area is 120 Å². The summed E-state index contributed by atoms with van der Waals surface area (Å²) in [5.41, 5.74) is 2.40. The molecular weight excluding hydrogens is 252 g/mol. The van der Waals surface area contributed by atoms with Crippen molar-refractivity contribution in [1.82, 2.24) is 0 Å². The van der Waals surface area contributed by atoms with Crippen molar-refractivity contribution in [2.75, 3.05) is 19.8 Å². The molecule has 2 fully saturated rings. The summed E-state index contributed by atoms with van der Waals surface area (Å²) >= 11 is 0. The van der Waals surface area contributed by atoms with Crippen LogP contribution >= 0.6 is 0 Å². The Hall–Kier alpha value is -0.900. The van der Waals surface area contributed by atoms with Crippen LogP contribution < -0.4 is 0 Å². The minimum absolute atomic E-state index is 0.115. The van der Waals surface area contributed by atoms with Crippen LogP contribution in [0.1, 0.15) is 30.4 Å². The quantitative estimate of drug-likeness (QED) is 0.922. The van der Waals surface area contributed by atoms with E-state index in [1.54, 1.807) is 0 Å². The Morgan fingerprint density at radius 3 is 2.95 bits per heavy atom. The van der Waals surface area contributed by atoms with E-state index < -0.39 is 0 Å². The second-order valence-corrected chi connectivity index (χ2v) is 6.28. The number of rotatable bonds is 3. The van der Waals surface area contributed by atoms with Crippen molar-refractivity contribution in [3.63, 3.8) is 0 Å². The van der Waals surface area contributed by atoms with E-state index in [9.17, 15) is 5.11 Å². The van der Waals surface area contributed by atoms with Crippen molar-refractivity contribution in [1.29, 1.82) is 0 Å². The van der Waals surface area contributed by atoms with Crippen molar-refractivity contribution in [3.05, 3.63) is 35.4 Å². The van der Waals surface area contributed by atoms with Gasteiger partial charge < -0.3 is 14.6 Å². The molecule has 3 atom stereocenters. The van der Waals surface area contributed by atoms with Crippen molar-refractivity contribution in [3.8, 4) is 0 Å². The number of aliphatic hydroxyl groups excluding tert-OH is 1. The van der Waals surface area contributed by atoms with Gasteiger partial charge in [-0.1, -0.05) is 24.3 Å². The van der Waals surface area contributed by atoms with E-state index in [4.69, 9.17) is 9.47 Å². The summed E-state index contributed by atoms with van der Waals surface area (Å²) in [5.74, 6) is 0.324. The third-order valence-corrected chi connectivity index (χ3v) is 4.83. The smallest absolute Gasteiger partial charge is 0.0940 e. The van der Waals surface area contributed by atoms with Crippen LogP contribution in [-0.4, -0.2) is 36.6 Å². The Morgan fingerprint density at radius 2 is 2.20 bits per heavy atom. The third kappa shape index (κ3) is 2.90. The van der Waals surface area contributed by atoms with Crippen LogP contribution in [0.4, 0.5) is 0 Å². The molecule has 3 unspecified atom stereocenters. The summed E-state index contributed by atoms with van der Waals surface area (Å²) < 4.78 is 11.4. The molecule has 3 heteroatoms. The van der Waals surface area contributed by atoms with Gasteiger partial charge in [-0.3, -0.25) is 0 Å². The van der Waals surface area contributed by atoms with Gasteiger partial charge in [0.15, 0.2) is 0 Å². The van der Waals surface area contributed by atoms with Crippen LogP contribution in [-0.2, 0) is 15.9 Å². The Kier molecular flexibility index (Phi) is 4.11. The van der Waals surface area contributed by atoms with Gasteiger partial charge in [0.25, 0.3) is 0 Å². The molecule has 0 radical (unpaired) electrons. The highest BCUT2D eigenvalue weighted by atomic mass is 16.6. The molecule has 0 aliphatic carbocycles. The molecule has 3 nitrogen and oxygen atoms in total. The largest absolute Gasteiger partial charge is 0.392 e. The first kappa shape index (κ1) is 14.1. The lowest BCUT2D eigenvalue weighted by Gasteiger charge is -2.39. The summed E-state index contributed by atoms with van der Waals surface area (Å²) in [6, 6.07) is 8.32. The number of aliphatic hydroxyl groups is 1. The first-order chi connectivity index (χ1) is 9.69. The Balaban J connectivity index is 1.65. The van der Waals surface area contributed by atoms with Gasteiger partial charge in [0.2, 0.25) is 0 Å². The topological polar surface area (TPSA) is 38.7 Å². The third-order valence-electron chi connectivity index (χ3n) is 4.83. The van der Waals surface area contributed by atoms with E-state index in [0.717, 1.165) is 38.9 Å². The average molecular weight is 276 g/mol. The fraction of sp³-hybridized carbons (Fsp3) is 0.647. The first-order valence-electron chi connectivity index (χ1n) is 7.63. The van der Waals surface area contributed by atoms with Gasteiger partial charge in [0, 0.05) is 19.6 Å². The fourth-order valence-corrected chi connectivity index (χ4v) is 3.49. The van der Waals surface area contributed by atoms with Crippen molar-refractivity contribution in [2.24, 2.45) is 5.92 Å². The summed E-state index contributed by atoms with van der Waals surface area (Å²) in [4.78, 5) is 0. The SMILES string of the molecule is Cc1ccccc1CC(O)C1CCOC2(CCOC2)C1. The molecule has 0 saturated carbocycles. The van der Waals surface area contributed by atoms with E-state index in [-0.39, 0.29) is 11.7 Å². The molecule has 2 aliphatic rings. The minimum Gasteiger partial charge on any atom is -0.392 e. The zero-order valence-corrected chi connectivity index (χ0v) is 12.2. The van der Waals surface area contributed by atoms with Gasteiger partial charge in [0.05, 0.1) is 18.3 Å². The molecule has 110 valence electrons. The molecule has 2 aliphatic heterocycles. The predicted octanol–water partition coefficient (Wildman–Crippen LogP) is 2.48. The summed E-state index contributed by atoms with van der Waals surface area (Å²) in [6.45, 7) is 4.35. The van der Waals surface area contributed by atoms with Crippen LogP contribution in [0.5, 0.6) is 0 Å². The second kappa shape index (κ2) is 5.84. The maximum atomic E-state index is 10.6. The lowest BCUT2D eigenvalue weighted by molar-refractivity contribution is -0.116. The monoisotopic (exact) mass is 276 g/mol. The van der Waals surface area contributed by atoms with Crippen molar-refractivity contribution < 1.29 is 14.6 Å². The van der Waals surface area contributed by atoms with Crippen LogP contribution in [0.2, 0.25) is 0 Å². The number of aryl methyl sites for hydroxylation is 1. The molecule has 1 spiro atoms. The van der Waals surface area contributed by atoms with E-state index in [0.29, 0.717) is 12.5 Å². The van der Waals surface area contributed by atoms with Gasteiger partial charge in [-0.05, 0) is 43.2 Å². The van der Waals surface area contributed by atoms with Gasteiger partial charge >= 0.3 is 0 Å². The lowest BCUT2D eigenvalue weighted by atomic mass is 9.80. The van der Waals surface area contributed by atoms with Gasteiger partial charge in [-0.2, -0.15) is 0 Å². The highest BCUT2D eigenvalue weighted by Gasteiger charge is 2.42. The minimum atomic E-state index is -0.280. The zero-order valence-electron chi connectivity index (χ0n) is 12.2. The molecule has 0 amide bonds. The molecule has 20 heavy (non-hydrogen) atoms. The molecule has 2 saturated heterocycles. The van der Waals surface area contributed by atoms with Crippen LogP contribution in [0.15, 0.2) is 24.3 Å². The van der Waals surface area contributed by atoms with E-state index in [2.05, 4.69) is 19.1 Å². The number of hydrogen-bond donors (Lipinski definition) is 1. The first-order valence-corrected chi connectivity index (χ1v) is 7.63. The molecular formula is C17H24O3. The highest BCUT2D eigenvalue weighted by molar-refractivity contribution is 5.26. The molecule has 1 aromatic carbocycles. The summed E-state index contributed by atoms with van der Waals surface area (Å²) in [7, 11) is 0. The number of hydrogen-bond acceptors (Lipinski definition) is 3. The zero-order chi connectivity index (χ0) is 14.0.